The highest BCUT2D eigenvalue weighted by atomic mass is 35.5. The number of halogens is 2. The molecular formula is C9H7Cl2N3O2. The average Bonchev–Trinajstić information content (AvgIpc) is 2.68. The van der Waals surface area contributed by atoms with E-state index in [4.69, 9.17) is 23.2 Å². The first kappa shape index (κ1) is 11.2. The molecule has 0 unspecified atom stereocenters. The summed E-state index contributed by atoms with van der Waals surface area (Å²) < 4.78 is 5.94. The van der Waals surface area contributed by atoms with Gasteiger partial charge in [-0.1, -0.05) is 23.2 Å². The molecule has 0 fully saturated rings. The molecule has 2 aromatic heterocycles. The number of carbonyl (C=O) groups is 1. The quantitative estimate of drug-likeness (QED) is 0.582. The van der Waals surface area contributed by atoms with E-state index in [9.17, 15) is 4.79 Å². The third kappa shape index (κ3) is 1.52. The number of fused-ring (bicyclic) bond motifs is 1. The summed E-state index contributed by atoms with van der Waals surface area (Å²) in [5.74, 6) is -0.529. The molecule has 0 amide bonds. The summed E-state index contributed by atoms with van der Waals surface area (Å²) in [4.78, 5) is 15.4. The first-order chi connectivity index (χ1) is 7.56. The number of carbonyl (C=O) groups excluding carboxylic acids is 1. The number of methoxy groups -OCH3 is 1. The Bertz CT molecular complexity index is 580. The average molecular weight is 260 g/mol. The summed E-state index contributed by atoms with van der Waals surface area (Å²) in [5, 5.41) is 4.52. The molecule has 2 aromatic rings. The Labute approximate surface area is 101 Å². The van der Waals surface area contributed by atoms with Gasteiger partial charge >= 0.3 is 5.97 Å². The molecule has 0 saturated heterocycles. The summed E-state index contributed by atoms with van der Waals surface area (Å²) in [6.45, 7) is 1.72. The second-order valence-corrected chi connectivity index (χ2v) is 3.82. The van der Waals surface area contributed by atoms with E-state index in [-0.39, 0.29) is 16.4 Å². The Morgan fingerprint density at radius 2 is 2.19 bits per heavy atom. The van der Waals surface area contributed by atoms with Gasteiger partial charge in [-0.25, -0.2) is 14.3 Å². The van der Waals surface area contributed by atoms with Crippen LogP contribution < -0.4 is 0 Å². The zero-order valence-corrected chi connectivity index (χ0v) is 10.0. The van der Waals surface area contributed by atoms with Crippen LogP contribution in [0.15, 0.2) is 6.20 Å². The van der Waals surface area contributed by atoms with Crippen molar-refractivity contribution in [1.82, 2.24) is 14.6 Å². The van der Waals surface area contributed by atoms with E-state index in [2.05, 4.69) is 14.8 Å². The minimum Gasteiger partial charge on any atom is -0.465 e. The Balaban J connectivity index is 2.79. The predicted molar refractivity (Wildman–Crippen MR) is 59.1 cm³/mol. The van der Waals surface area contributed by atoms with Crippen molar-refractivity contribution in [2.24, 2.45) is 0 Å². The monoisotopic (exact) mass is 259 g/mol. The van der Waals surface area contributed by atoms with Crippen molar-refractivity contribution >= 4 is 34.8 Å². The topological polar surface area (TPSA) is 56.5 Å². The Hall–Kier alpha value is -1.33. The highest BCUT2D eigenvalue weighted by Crippen LogP contribution is 2.24. The maximum atomic E-state index is 11.4. The molecule has 2 heterocycles. The molecule has 84 valence electrons. The van der Waals surface area contributed by atoms with E-state index in [0.717, 1.165) is 0 Å². The van der Waals surface area contributed by atoms with Gasteiger partial charge in [-0.3, -0.25) is 0 Å². The third-order valence-electron chi connectivity index (χ3n) is 2.16. The molecule has 7 heteroatoms. The molecular weight excluding hydrogens is 253 g/mol. The summed E-state index contributed by atoms with van der Waals surface area (Å²) in [7, 11) is 1.28. The number of aromatic nitrogens is 3. The molecule has 0 aromatic carbocycles. The fourth-order valence-corrected chi connectivity index (χ4v) is 1.70. The van der Waals surface area contributed by atoms with E-state index < -0.39 is 5.97 Å². The largest absolute Gasteiger partial charge is 0.465 e. The first-order valence-corrected chi connectivity index (χ1v) is 5.09. The number of hydrogen-bond donors (Lipinski definition) is 0. The number of nitrogens with zero attached hydrogens (tertiary/aromatic N) is 3. The minimum absolute atomic E-state index is 0.228. The van der Waals surface area contributed by atoms with Gasteiger partial charge in [-0.2, -0.15) is 5.10 Å². The van der Waals surface area contributed by atoms with E-state index in [0.29, 0.717) is 10.7 Å². The van der Waals surface area contributed by atoms with Crippen molar-refractivity contribution in [1.29, 1.82) is 0 Å². The van der Waals surface area contributed by atoms with Crippen LogP contribution in [0.4, 0.5) is 0 Å². The maximum Gasteiger partial charge on any atom is 0.343 e. The van der Waals surface area contributed by atoms with Gasteiger partial charge in [-0.15, -0.1) is 0 Å². The second-order valence-electron chi connectivity index (χ2n) is 3.10. The number of rotatable bonds is 1. The summed E-state index contributed by atoms with van der Waals surface area (Å²) in [6, 6.07) is 0. The van der Waals surface area contributed by atoms with Crippen molar-refractivity contribution in [3.63, 3.8) is 0 Å². The van der Waals surface area contributed by atoms with Gasteiger partial charge in [0.15, 0.2) is 5.65 Å². The van der Waals surface area contributed by atoms with Crippen LogP contribution in [0.5, 0.6) is 0 Å². The van der Waals surface area contributed by atoms with Crippen molar-refractivity contribution < 1.29 is 9.53 Å². The molecule has 2 rings (SSSR count). The Morgan fingerprint density at radius 1 is 1.50 bits per heavy atom. The molecule has 0 saturated carbocycles. The maximum absolute atomic E-state index is 11.4. The number of esters is 1. The van der Waals surface area contributed by atoms with Crippen molar-refractivity contribution in [3.05, 3.63) is 27.6 Å². The summed E-state index contributed by atoms with van der Waals surface area (Å²) in [5.41, 5.74) is 1.12. The Morgan fingerprint density at radius 3 is 2.81 bits per heavy atom. The molecule has 16 heavy (non-hydrogen) atoms. The number of ether oxygens (including phenoxy) is 1. The van der Waals surface area contributed by atoms with E-state index in [1.165, 1.54) is 17.8 Å². The molecule has 0 bridgehead atoms. The van der Waals surface area contributed by atoms with Crippen LogP contribution >= 0.6 is 23.2 Å². The fourth-order valence-electron chi connectivity index (χ4n) is 1.27. The lowest BCUT2D eigenvalue weighted by Crippen LogP contribution is -2.03. The van der Waals surface area contributed by atoms with Crippen LogP contribution in [0.2, 0.25) is 10.3 Å². The van der Waals surface area contributed by atoms with E-state index in [1.807, 2.05) is 0 Å². The molecule has 0 aliphatic heterocycles. The van der Waals surface area contributed by atoms with E-state index in [1.54, 1.807) is 6.92 Å². The third-order valence-corrected chi connectivity index (χ3v) is 2.97. The van der Waals surface area contributed by atoms with Crippen LogP contribution in [0.3, 0.4) is 0 Å². The summed E-state index contributed by atoms with van der Waals surface area (Å²) in [6.07, 6.45) is 1.34. The van der Waals surface area contributed by atoms with Gasteiger partial charge < -0.3 is 4.74 Å². The van der Waals surface area contributed by atoms with Gasteiger partial charge in [-0.05, 0) is 6.92 Å². The Kier molecular flexibility index (Phi) is 2.73. The van der Waals surface area contributed by atoms with Crippen LogP contribution in [-0.4, -0.2) is 27.7 Å². The van der Waals surface area contributed by atoms with Crippen molar-refractivity contribution in [2.75, 3.05) is 7.11 Å². The van der Waals surface area contributed by atoms with Crippen molar-refractivity contribution in [2.45, 2.75) is 6.92 Å². The molecule has 0 spiro atoms. The van der Waals surface area contributed by atoms with Gasteiger partial charge in [0.2, 0.25) is 0 Å². The zero-order chi connectivity index (χ0) is 11.9. The van der Waals surface area contributed by atoms with Crippen LogP contribution in [0, 0.1) is 6.92 Å². The number of hydrogen-bond acceptors (Lipinski definition) is 4. The second kappa shape index (κ2) is 3.92. The lowest BCUT2D eigenvalue weighted by molar-refractivity contribution is 0.0602. The molecule has 0 radical (unpaired) electrons. The standard InChI is InChI=1S/C9H7Cl2N3O2/c1-4-6(10)13-8-5(9(15)16-2)3-12-14(8)7(4)11/h3H,1-2H3. The van der Waals surface area contributed by atoms with Crippen LogP contribution in [0.25, 0.3) is 5.65 Å². The zero-order valence-electron chi connectivity index (χ0n) is 8.49. The lowest BCUT2D eigenvalue weighted by atomic mass is 10.3. The molecule has 0 aliphatic rings. The highest BCUT2D eigenvalue weighted by molar-refractivity contribution is 6.34. The summed E-state index contributed by atoms with van der Waals surface area (Å²) >= 11 is 11.9. The van der Waals surface area contributed by atoms with Gasteiger partial charge in [0.05, 0.1) is 13.3 Å². The van der Waals surface area contributed by atoms with Crippen molar-refractivity contribution in [3.8, 4) is 0 Å². The lowest BCUT2D eigenvalue weighted by Gasteiger charge is -2.03. The molecule has 0 atom stereocenters. The van der Waals surface area contributed by atoms with E-state index >= 15 is 0 Å². The predicted octanol–water partition coefficient (Wildman–Crippen LogP) is 2.13. The molecule has 0 aliphatic carbocycles. The van der Waals surface area contributed by atoms with Gasteiger partial charge in [0, 0.05) is 5.56 Å². The molecule has 5 nitrogen and oxygen atoms in total. The van der Waals surface area contributed by atoms with Crippen LogP contribution in [0.1, 0.15) is 15.9 Å². The SMILES string of the molecule is COC(=O)c1cnn2c(Cl)c(C)c(Cl)nc12. The highest BCUT2D eigenvalue weighted by Gasteiger charge is 2.18. The van der Waals surface area contributed by atoms with Gasteiger partial charge in [0.25, 0.3) is 0 Å². The smallest absolute Gasteiger partial charge is 0.343 e. The molecule has 0 N–H and O–H groups in total. The normalized spacial score (nSPS) is 10.8. The first-order valence-electron chi connectivity index (χ1n) is 4.34. The van der Waals surface area contributed by atoms with Crippen LogP contribution in [-0.2, 0) is 4.74 Å². The minimum atomic E-state index is -0.529. The van der Waals surface area contributed by atoms with Gasteiger partial charge in [0.1, 0.15) is 15.9 Å². The fraction of sp³-hybridized carbons (Fsp3) is 0.222.